The number of carboxylic acids is 1. The highest BCUT2D eigenvalue weighted by atomic mass is 16.5. The first-order chi connectivity index (χ1) is 23.2. The number of nitrogens with zero attached hydrogens (tertiary/aromatic N) is 1. The molecule has 0 aliphatic heterocycles. The van der Waals surface area contributed by atoms with Crippen molar-refractivity contribution in [3.05, 3.63) is 42.2 Å². The number of allylic oxidation sites excluding steroid dienone is 1. The summed E-state index contributed by atoms with van der Waals surface area (Å²) in [6, 6.07) is 5.77. The van der Waals surface area contributed by atoms with E-state index in [0.717, 1.165) is 63.5 Å². The molecule has 1 amide bonds. The lowest BCUT2D eigenvalue weighted by atomic mass is 9.32. The summed E-state index contributed by atoms with van der Waals surface area (Å²) in [7, 11) is 0. The highest BCUT2D eigenvalue weighted by Crippen LogP contribution is 2.77. The van der Waals surface area contributed by atoms with E-state index in [0.29, 0.717) is 29.6 Å². The van der Waals surface area contributed by atoms with Gasteiger partial charge in [-0.25, -0.2) is 0 Å². The summed E-state index contributed by atoms with van der Waals surface area (Å²) in [4.78, 5) is 43.9. The molecule has 0 spiro atoms. The van der Waals surface area contributed by atoms with Gasteiger partial charge in [-0.15, -0.1) is 0 Å². The van der Waals surface area contributed by atoms with Crippen LogP contribution in [0.5, 0.6) is 0 Å². The van der Waals surface area contributed by atoms with Crippen molar-refractivity contribution in [2.24, 2.45) is 62.1 Å². The fraction of sp³-hybridized carbons (Fsp3) is 0.767. The molecule has 5 unspecified atom stereocenters. The lowest BCUT2D eigenvalue weighted by molar-refractivity contribution is -0.249. The number of aliphatic carboxylic acids is 1. The molecule has 0 bridgehead atoms. The van der Waals surface area contributed by atoms with E-state index in [4.69, 9.17) is 4.74 Å². The molecule has 276 valence electrons. The largest absolute Gasteiger partial charge is 0.481 e. The van der Waals surface area contributed by atoms with Crippen molar-refractivity contribution in [1.29, 1.82) is 0 Å². The van der Waals surface area contributed by atoms with E-state index in [1.165, 1.54) is 12.0 Å². The fourth-order valence-electron chi connectivity index (χ4n) is 13.4. The molecule has 50 heavy (non-hydrogen) atoms. The molecular weight excluding hydrogens is 624 g/mol. The zero-order valence-corrected chi connectivity index (χ0v) is 32.4. The Bertz CT molecular complexity index is 1520. The fourth-order valence-corrected chi connectivity index (χ4v) is 13.4. The number of carbonyl (C=O) groups is 3. The van der Waals surface area contributed by atoms with Crippen molar-refractivity contribution >= 4 is 17.8 Å². The number of ether oxygens (including phenoxy) is 1. The van der Waals surface area contributed by atoms with Gasteiger partial charge in [0.1, 0.15) is 6.10 Å². The lowest BCUT2D eigenvalue weighted by Crippen LogP contribution is -2.67. The Morgan fingerprint density at radius 2 is 1.68 bits per heavy atom. The highest BCUT2D eigenvalue weighted by molar-refractivity contribution is 5.84. The average Bonchev–Trinajstić information content (AvgIpc) is 3.44. The summed E-state index contributed by atoms with van der Waals surface area (Å²) in [5.41, 5.74) is 0.756. The van der Waals surface area contributed by atoms with Crippen LogP contribution in [0.25, 0.3) is 0 Å². The number of hydrogen-bond donors (Lipinski definition) is 2. The van der Waals surface area contributed by atoms with Gasteiger partial charge in [0.15, 0.2) is 0 Å². The number of pyridine rings is 1. The van der Waals surface area contributed by atoms with Gasteiger partial charge in [-0.2, -0.15) is 0 Å². The van der Waals surface area contributed by atoms with Crippen molar-refractivity contribution in [2.45, 2.75) is 145 Å². The maximum absolute atomic E-state index is 14.6. The SMILES string of the molecule is C=C(C)[C@@H]1CC[C@]2(C(=O)NC(C)c3ccccn3)CC[C@]3(C)C(CCC4[C@@]5(C)CC[C@H](OC(=O)CC(C)(C)C(=O)O)C(C)(C)C5CC[C@]43C)C12. The number of carbonyl (C=O) groups excluding carboxylic acids is 2. The average molecular weight is 689 g/mol. The molecule has 1 aromatic rings. The third kappa shape index (κ3) is 5.49. The van der Waals surface area contributed by atoms with Crippen LogP contribution in [0.15, 0.2) is 36.5 Å². The third-order valence-corrected chi connectivity index (χ3v) is 16.4. The van der Waals surface area contributed by atoms with E-state index >= 15 is 0 Å². The van der Waals surface area contributed by atoms with E-state index in [-0.39, 0.29) is 51.5 Å². The van der Waals surface area contributed by atoms with Gasteiger partial charge in [-0.1, -0.05) is 52.8 Å². The Morgan fingerprint density at radius 1 is 0.960 bits per heavy atom. The highest BCUT2D eigenvalue weighted by Gasteiger charge is 2.72. The molecule has 11 atom stereocenters. The first kappa shape index (κ1) is 37.1. The van der Waals surface area contributed by atoms with Crippen LogP contribution in [-0.2, 0) is 19.1 Å². The summed E-state index contributed by atoms with van der Waals surface area (Å²) in [5.74, 6) is 0.900. The summed E-state index contributed by atoms with van der Waals surface area (Å²) in [5, 5.41) is 13.1. The quantitative estimate of drug-likeness (QED) is 0.208. The summed E-state index contributed by atoms with van der Waals surface area (Å²) < 4.78 is 6.17. The summed E-state index contributed by atoms with van der Waals surface area (Å²) >= 11 is 0. The topological polar surface area (TPSA) is 106 Å². The molecule has 6 rings (SSSR count). The maximum Gasteiger partial charge on any atom is 0.309 e. The molecular formula is C43H64N2O5. The first-order valence-electron chi connectivity index (χ1n) is 19.5. The first-order valence-corrected chi connectivity index (χ1v) is 19.5. The van der Waals surface area contributed by atoms with Crippen LogP contribution in [-0.4, -0.2) is 34.0 Å². The second-order valence-electron chi connectivity index (χ2n) is 19.5. The van der Waals surface area contributed by atoms with Crippen LogP contribution < -0.4 is 5.32 Å². The van der Waals surface area contributed by atoms with E-state index < -0.39 is 17.4 Å². The van der Waals surface area contributed by atoms with Gasteiger partial charge < -0.3 is 15.2 Å². The van der Waals surface area contributed by atoms with Crippen molar-refractivity contribution in [1.82, 2.24) is 10.3 Å². The van der Waals surface area contributed by atoms with Crippen LogP contribution in [0.1, 0.15) is 145 Å². The maximum atomic E-state index is 14.6. The molecule has 5 aliphatic carbocycles. The second-order valence-corrected chi connectivity index (χ2v) is 19.5. The van der Waals surface area contributed by atoms with Gasteiger partial charge in [-0.3, -0.25) is 19.4 Å². The predicted octanol–water partition coefficient (Wildman–Crippen LogP) is 9.33. The second kappa shape index (κ2) is 12.5. The molecule has 0 radical (unpaired) electrons. The molecule has 5 saturated carbocycles. The Labute approximate surface area is 301 Å². The number of fused-ring (bicyclic) bond motifs is 7. The molecule has 0 saturated heterocycles. The van der Waals surface area contributed by atoms with E-state index in [2.05, 4.69) is 65.3 Å². The van der Waals surface area contributed by atoms with Gasteiger partial charge in [0.2, 0.25) is 5.91 Å². The third-order valence-electron chi connectivity index (χ3n) is 16.4. The molecule has 1 heterocycles. The Morgan fingerprint density at radius 3 is 2.32 bits per heavy atom. The molecule has 5 fully saturated rings. The minimum absolute atomic E-state index is 0.110. The Hall–Kier alpha value is -2.70. The van der Waals surface area contributed by atoms with Crippen LogP contribution in [0.2, 0.25) is 0 Å². The van der Waals surface area contributed by atoms with Gasteiger partial charge in [0.05, 0.1) is 29.0 Å². The van der Waals surface area contributed by atoms with Gasteiger partial charge in [-0.05, 0) is 150 Å². The van der Waals surface area contributed by atoms with E-state index in [1.54, 1.807) is 20.0 Å². The van der Waals surface area contributed by atoms with Crippen LogP contribution in [0.3, 0.4) is 0 Å². The smallest absolute Gasteiger partial charge is 0.309 e. The molecule has 2 N–H and O–H groups in total. The van der Waals surface area contributed by atoms with Crippen LogP contribution in [0.4, 0.5) is 0 Å². The number of carboxylic acid groups (broad SMARTS) is 1. The summed E-state index contributed by atoms with van der Waals surface area (Å²) in [6.45, 7) is 24.3. The van der Waals surface area contributed by atoms with E-state index in [9.17, 15) is 19.5 Å². The van der Waals surface area contributed by atoms with Crippen molar-refractivity contribution in [2.75, 3.05) is 0 Å². The van der Waals surface area contributed by atoms with Crippen molar-refractivity contribution in [3.8, 4) is 0 Å². The number of hydrogen-bond acceptors (Lipinski definition) is 5. The van der Waals surface area contributed by atoms with Crippen molar-refractivity contribution < 1.29 is 24.2 Å². The minimum Gasteiger partial charge on any atom is -0.481 e. The number of amides is 1. The Kier molecular flexibility index (Phi) is 9.24. The minimum atomic E-state index is -1.15. The molecule has 7 nitrogen and oxygen atoms in total. The van der Waals surface area contributed by atoms with Gasteiger partial charge in [0.25, 0.3) is 0 Å². The lowest BCUT2D eigenvalue weighted by Gasteiger charge is -2.72. The summed E-state index contributed by atoms with van der Waals surface area (Å²) in [6.07, 6.45) is 11.8. The van der Waals surface area contributed by atoms with Crippen LogP contribution >= 0.6 is 0 Å². The number of esters is 1. The number of rotatable bonds is 8. The van der Waals surface area contributed by atoms with Crippen LogP contribution in [0, 0.1) is 62.1 Å². The zero-order chi connectivity index (χ0) is 36.7. The normalized spacial score (nSPS) is 41.0. The van der Waals surface area contributed by atoms with Crippen molar-refractivity contribution in [3.63, 3.8) is 0 Å². The molecule has 7 heteroatoms. The van der Waals surface area contributed by atoms with Gasteiger partial charge >= 0.3 is 11.9 Å². The molecule has 0 aromatic carbocycles. The zero-order valence-electron chi connectivity index (χ0n) is 32.4. The number of aromatic nitrogens is 1. The van der Waals surface area contributed by atoms with Gasteiger partial charge in [0, 0.05) is 11.6 Å². The molecule has 5 aliphatic rings. The monoisotopic (exact) mass is 688 g/mol. The molecule has 1 aromatic heterocycles. The standard InChI is InChI=1S/C43H64N2O5/c1-26(2)28-16-21-43(36(47)45-27(3)30-13-11-12-24-44-30)23-22-41(9)29(35(28)43)14-15-32-40(8)19-18-33(50-34(46)25-38(4,5)37(48)49)39(6,7)31(40)17-20-42(32,41)10/h11-13,24,27-29,31-33,35H,1,14-23,25H2,2-10H3,(H,45,47)(H,48,49)/t27?,28-,29?,31?,32?,33-,35?,40-,41+,42+,43-/m0/s1. The van der Waals surface area contributed by atoms with E-state index in [1.807, 2.05) is 18.2 Å². The Balaban J connectivity index is 1.26. The number of nitrogens with one attached hydrogen (secondary N) is 1. The predicted molar refractivity (Wildman–Crippen MR) is 196 cm³/mol.